The average Bonchev–Trinajstić information content (AvgIpc) is 2.77. The summed E-state index contributed by atoms with van der Waals surface area (Å²) in [6.07, 6.45) is 0.998. The summed E-state index contributed by atoms with van der Waals surface area (Å²) in [6.45, 7) is 8.01. The van der Waals surface area contributed by atoms with Crippen LogP contribution >= 0.6 is 0 Å². The van der Waals surface area contributed by atoms with Crippen LogP contribution in [0.4, 0.5) is 0 Å². The summed E-state index contributed by atoms with van der Waals surface area (Å²) in [5.41, 5.74) is 5.41. The second-order valence-electron chi connectivity index (χ2n) is 6.45. The standard InChI is InChI=1S/C15H25N3O3/c1-9(2)12(19)15(3,4)8-17-14(21)11-6-10(13(16)20)7-18(11)5/h6-7,9,12,19H,8H2,1-5H3,(H2,16,20)(H,17,21). The summed E-state index contributed by atoms with van der Waals surface area (Å²) in [5, 5.41) is 12.9. The smallest absolute Gasteiger partial charge is 0.267 e. The third-order valence-corrected chi connectivity index (χ3v) is 3.66. The number of rotatable bonds is 6. The van der Waals surface area contributed by atoms with Gasteiger partial charge in [0, 0.05) is 25.2 Å². The first-order valence-corrected chi connectivity index (χ1v) is 6.98. The highest BCUT2D eigenvalue weighted by Gasteiger charge is 2.30. The number of hydrogen-bond acceptors (Lipinski definition) is 3. The molecule has 1 heterocycles. The molecule has 21 heavy (non-hydrogen) atoms. The van der Waals surface area contributed by atoms with E-state index in [4.69, 9.17) is 5.73 Å². The van der Waals surface area contributed by atoms with Crippen LogP contribution in [-0.2, 0) is 7.05 Å². The average molecular weight is 295 g/mol. The van der Waals surface area contributed by atoms with Crippen LogP contribution in [0.1, 0.15) is 48.5 Å². The van der Waals surface area contributed by atoms with Crippen molar-refractivity contribution >= 4 is 11.8 Å². The lowest BCUT2D eigenvalue weighted by Gasteiger charge is -2.33. The Morgan fingerprint density at radius 2 is 2.00 bits per heavy atom. The van der Waals surface area contributed by atoms with Crippen molar-refractivity contribution in [2.45, 2.75) is 33.8 Å². The third kappa shape index (κ3) is 4.07. The van der Waals surface area contributed by atoms with E-state index in [9.17, 15) is 14.7 Å². The molecule has 0 fully saturated rings. The monoisotopic (exact) mass is 295 g/mol. The molecule has 0 radical (unpaired) electrons. The number of hydrogen-bond donors (Lipinski definition) is 3. The van der Waals surface area contributed by atoms with Crippen molar-refractivity contribution in [3.05, 3.63) is 23.5 Å². The Labute approximate surface area is 125 Å². The Balaban J connectivity index is 2.76. The summed E-state index contributed by atoms with van der Waals surface area (Å²) in [4.78, 5) is 23.3. The molecule has 1 aromatic rings. The van der Waals surface area contributed by atoms with Gasteiger partial charge in [0.15, 0.2) is 0 Å². The van der Waals surface area contributed by atoms with Crippen LogP contribution < -0.4 is 11.1 Å². The Kier molecular flexibility index (Phi) is 5.17. The van der Waals surface area contributed by atoms with E-state index in [0.29, 0.717) is 17.8 Å². The number of carbonyl (C=O) groups excluding carboxylic acids is 2. The topological polar surface area (TPSA) is 97.3 Å². The van der Waals surface area contributed by atoms with Crippen molar-refractivity contribution in [1.82, 2.24) is 9.88 Å². The van der Waals surface area contributed by atoms with Crippen molar-refractivity contribution in [1.29, 1.82) is 0 Å². The van der Waals surface area contributed by atoms with E-state index in [2.05, 4.69) is 5.32 Å². The first kappa shape index (κ1) is 17.2. The minimum absolute atomic E-state index is 0.105. The fourth-order valence-corrected chi connectivity index (χ4v) is 2.33. The Morgan fingerprint density at radius 1 is 1.43 bits per heavy atom. The fraction of sp³-hybridized carbons (Fsp3) is 0.600. The maximum atomic E-state index is 12.2. The highest BCUT2D eigenvalue weighted by atomic mass is 16.3. The van der Waals surface area contributed by atoms with E-state index in [1.807, 2.05) is 27.7 Å². The van der Waals surface area contributed by atoms with E-state index >= 15 is 0 Å². The number of amides is 2. The fourth-order valence-electron chi connectivity index (χ4n) is 2.33. The predicted molar refractivity (Wildman–Crippen MR) is 80.9 cm³/mol. The van der Waals surface area contributed by atoms with Crippen molar-refractivity contribution in [2.75, 3.05) is 6.54 Å². The van der Waals surface area contributed by atoms with Gasteiger partial charge < -0.3 is 20.7 Å². The van der Waals surface area contributed by atoms with E-state index in [1.165, 1.54) is 12.3 Å². The number of nitrogens with one attached hydrogen (secondary N) is 1. The number of aliphatic hydroxyl groups is 1. The molecule has 1 aromatic heterocycles. The summed E-state index contributed by atoms with van der Waals surface area (Å²) < 4.78 is 1.56. The molecule has 0 aromatic carbocycles. The molecular weight excluding hydrogens is 270 g/mol. The summed E-state index contributed by atoms with van der Waals surface area (Å²) in [5.74, 6) is -0.761. The Bertz CT molecular complexity index is 532. The molecular formula is C15H25N3O3. The van der Waals surface area contributed by atoms with Crippen LogP contribution in [0, 0.1) is 11.3 Å². The molecule has 0 spiro atoms. The van der Waals surface area contributed by atoms with Crippen LogP contribution in [0.15, 0.2) is 12.3 Å². The van der Waals surface area contributed by atoms with Gasteiger partial charge in [-0.25, -0.2) is 0 Å². The van der Waals surface area contributed by atoms with Crippen LogP contribution in [-0.4, -0.2) is 34.1 Å². The molecule has 0 bridgehead atoms. The highest BCUT2D eigenvalue weighted by Crippen LogP contribution is 2.25. The lowest BCUT2D eigenvalue weighted by Crippen LogP contribution is -2.43. The number of aryl methyl sites for hydroxylation is 1. The van der Waals surface area contributed by atoms with Gasteiger partial charge in [-0.15, -0.1) is 0 Å². The highest BCUT2D eigenvalue weighted by molar-refractivity contribution is 5.98. The van der Waals surface area contributed by atoms with Crippen LogP contribution in [0.2, 0.25) is 0 Å². The molecule has 118 valence electrons. The third-order valence-electron chi connectivity index (χ3n) is 3.66. The molecule has 0 saturated heterocycles. The van der Waals surface area contributed by atoms with Crippen molar-refractivity contribution in [2.24, 2.45) is 24.1 Å². The summed E-state index contributed by atoms with van der Waals surface area (Å²) in [6, 6.07) is 1.46. The van der Waals surface area contributed by atoms with Crippen LogP contribution in [0.3, 0.4) is 0 Å². The SMILES string of the molecule is CC(C)C(O)C(C)(C)CNC(=O)c1cc(C(N)=O)cn1C. The lowest BCUT2D eigenvalue weighted by atomic mass is 9.80. The second-order valence-corrected chi connectivity index (χ2v) is 6.45. The Hall–Kier alpha value is -1.82. The number of primary amides is 1. The van der Waals surface area contributed by atoms with Gasteiger partial charge in [0.2, 0.25) is 5.91 Å². The number of aliphatic hydroxyl groups excluding tert-OH is 1. The molecule has 6 heteroatoms. The Morgan fingerprint density at radius 3 is 2.43 bits per heavy atom. The molecule has 0 saturated carbocycles. The number of nitrogens with zero attached hydrogens (tertiary/aromatic N) is 1. The van der Waals surface area contributed by atoms with Gasteiger partial charge in [0.05, 0.1) is 11.7 Å². The van der Waals surface area contributed by atoms with E-state index in [-0.39, 0.29) is 11.8 Å². The number of carbonyl (C=O) groups is 2. The zero-order valence-corrected chi connectivity index (χ0v) is 13.3. The number of aromatic nitrogens is 1. The van der Waals surface area contributed by atoms with E-state index < -0.39 is 17.4 Å². The zero-order valence-electron chi connectivity index (χ0n) is 13.3. The molecule has 0 aliphatic carbocycles. The molecule has 0 aliphatic heterocycles. The van der Waals surface area contributed by atoms with Crippen LogP contribution in [0.25, 0.3) is 0 Å². The molecule has 2 amide bonds. The van der Waals surface area contributed by atoms with Crippen LogP contribution in [0.5, 0.6) is 0 Å². The minimum atomic E-state index is -0.569. The van der Waals surface area contributed by atoms with Gasteiger partial charge >= 0.3 is 0 Å². The maximum absolute atomic E-state index is 12.2. The van der Waals surface area contributed by atoms with Gasteiger partial charge in [-0.05, 0) is 12.0 Å². The predicted octanol–water partition coefficient (Wildman–Crippen LogP) is 0.897. The molecule has 4 N–H and O–H groups in total. The van der Waals surface area contributed by atoms with Gasteiger partial charge in [-0.2, -0.15) is 0 Å². The van der Waals surface area contributed by atoms with E-state index in [1.54, 1.807) is 11.6 Å². The summed E-state index contributed by atoms with van der Waals surface area (Å²) in [7, 11) is 1.68. The second kappa shape index (κ2) is 6.30. The van der Waals surface area contributed by atoms with Gasteiger partial charge in [0.1, 0.15) is 5.69 Å². The summed E-state index contributed by atoms with van der Waals surface area (Å²) >= 11 is 0. The molecule has 1 atom stereocenters. The molecule has 1 unspecified atom stereocenters. The van der Waals surface area contributed by atoms with E-state index in [0.717, 1.165) is 0 Å². The quantitative estimate of drug-likeness (QED) is 0.727. The van der Waals surface area contributed by atoms with Crippen molar-refractivity contribution in [3.8, 4) is 0 Å². The zero-order chi connectivity index (χ0) is 16.4. The van der Waals surface area contributed by atoms with Crippen molar-refractivity contribution in [3.63, 3.8) is 0 Å². The van der Waals surface area contributed by atoms with Crippen molar-refractivity contribution < 1.29 is 14.7 Å². The first-order chi connectivity index (χ1) is 9.56. The molecule has 6 nitrogen and oxygen atoms in total. The normalized spacial score (nSPS) is 13.3. The number of nitrogens with two attached hydrogens (primary N) is 1. The molecule has 1 rings (SSSR count). The first-order valence-electron chi connectivity index (χ1n) is 6.98. The van der Waals surface area contributed by atoms with Gasteiger partial charge in [-0.1, -0.05) is 27.7 Å². The molecule has 0 aliphatic rings. The lowest BCUT2D eigenvalue weighted by molar-refractivity contribution is 0.0137. The maximum Gasteiger partial charge on any atom is 0.267 e. The van der Waals surface area contributed by atoms with Gasteiger partial charge in [0.25, 0.3) is 5.91 Å². The van der Waals surface area contributed by atoms with Gasteiger partial charge in [-0.3, -0.25) is 9.59 Å². The minimum Gasteiger partial charge on any atom is -0.392 e. The largest absolute Gasteiger partial charge is 0.392 e.